The fourth-order valence-electron chi connectivity index (χ4n) is 2.63. The number of hydrogen-bond donors (Lipinski definition) is 2. The molecule has 0 radical (unpaired) electrons. The second-order valence-corrected chi connectivity index (χ2v) is 5.48. The van der Waals surface area contributed by atoms with E-state index in [1.54, 1.807) is 0 Å². The van der Waals surface area contributed by atoms with E-state index in [9.17, 15) is 0 Å². The Kier molecular flexibility index (Phi) is 7.75. The highest BCUT2D eigenvalue weighted by Crippen LogP contribution is 2.14. The van der Waals surface area contributed by atoms with Crippen molar-refractivity contribution in [3.05, 3.63) is 12.2 Å². The molecule has 0 unspecified atom stereocenters. The van der Waals surface area contributed by atoms with Crippen LogP contribution < -0.4 is 10.6 Å². The molecule has 1 heterocycles. The Bertz CT molecular complexity index is 301. The van der Waals surface area contributed by atoms with Crippen LogP contribution in [0.1, 0.15) is 25.7 Å². The molecule has 2 rings (SSSR count). The summed E-state index contributed by atoms with van der Waals surface area (Å²) in [5.74, 6) is 1.75. The molecule has 2 N–H and O–H groups in total. The highest BCUT2D eigenvalue weighted by molar-refractivity contribution is 14.0. The SMILES string of the molecule is CN=C(NCC1CCN(C)CC1)NC1CC=CC1.I. The quantitative estimate of drug-likeness (QED) is 0.341. The fourth-order valence-corrected chi connectivity index (χ4v) is 2.63. The summed E-state index contributed by atoms with van der Waals surface area (Å²) in [4.78, 5) is 6.72. The number of aliphatic imine (C=N–C) groups is 1. The molecular formula is C14H27IN4. The molecule has 0 aromatic carbocycles. The number of piperidine rings is 1. The number of hydrogen-bond acceptors (Lipinski definition) is 2. The lowest BCUT2D eigenvalue weighted by Crippen LogP contribution is -2.45. The van der Waals surface area contributed by atoms with E-state index in [1.165, 1.54) is 25.9 Å². The number of guanidine groups is 1. The van der Waals surface area contributed by atoms with Crippen molar-refractivity contribution in [2.75, 3.05) is 33.7 Å². The minimum atomic E-state index is 0. The van der Waals surface area contributed by atoms with Gasteiger partial charge < -0.3 is 15.5 Å². The highest BCUT2D eigenvalue weighted by Gasteiger charge is 2.17. The zero-order chi connectivity index (χ0) is 12.8. The number of rotatable bonds is 3. The third kappa shape index (κ3) is 5.69. The van der Waals surface area contributed by atoms with Gasteiger partial charge in [0.15, 0.2) is 5.96 Å². The molecule has 5 heteroatoms. The molecule has 0 aromatic heterocycles. The van der Waals surface area contributed by atoms with E-state index in [0.717, 1.165) is 31.3 Å². The minimum Gasteiger partial charge on any atom is -0.356 e. The van der Waals surface area contributed by atoms with Gasteiger partial charge in [-0.05, 0) is 51.7 Å². The Hall–Kier alpha value is -0.300. The average Bonchev–Trinajstić information content (AvgIpc) is 2.89. The maximum Gasteiger partial charge on any atom is 0.191 e. The first kappa shape index (κ1) is 16.8. The first-order valence-corrected chi connectivity index (χ1v) is 7.08. The predicted molar refractivity (Wildman–Crippen MR) is 92.3 cm³/mol. The van der Waals surface area contributed by atoms with Crippen molar-refractivity contribution in [2.24, 2.45) is 10.9 Å². The van der Waals surface area contributed by atoms with Gasteiger partial charge in [0.25, 0.3) is 0 Å². The van der Waals surface area contributed by atoms with Crippen LogP contribution in [0.5, 0.6) is 0 Å². The van der Waals surface area contributed by atoms with Crippen molar-refractivity contribution in [1.82, 2.24) is 15.5 Å². The number of halogens is 1. The molecule has 1 aliphatic carbocycles. The molecule has 0 saturated carbocycles. The summed E-state index contributed by atoms with van der Waals surface area (Å²) in [7, 11) is 4.06. The van der Waals surface area contributed by atoms with Gasteiger partial charge in [0.1, 0.15) is 0 Å². The lowest BCUT2D eigenvalue weighted by molar-refractivity contribution is 0.220. The Morgan fingerprint density at radius 1 is 1.26 bits per heavy atom. The first-order chi connectivity index (χ1) is 8.78. The molecule has 0 amide bonds. The number of likely N-dealkylation sites (tertiary alicyclic amines) is 1. The molecule has 4 nitrogen and oxygen atoms in total. The van der Waals surface area contributed by atoms with Crippen LogP contribution in [0.25, 0.3) is 0 Å². The Morgan fingerprint density at radius 2 is 1.89 bits per heavy atom. The summed E-state index contributed by atoms with van der Waals surface area (Å²) < 4.78 is 0. The highest BCUT2D eigenvalue weighted by atomic mass is 127. The summed E-state index contributed by atoms with van der Waals surface area (Å²) in [6, 6.07) is 0.536. The van der Waals surface area contributed by atoms with Gasteiger partial charge in [-0.3, -0.25) is 4.99 Å². The van der Waals surface area contributed by atoms with Gasteiger partial charge in [0, 0.05) is 19.6 Å². The standard InChI is InChI=1S/C14H26N4.HI/c1-15-14(17-13-5-3-4-6-13)16-11-12-7-9-18(2)10-8-12;/h3-4,12-13H,5-11H2,1-2H3,(H2,15,16,17);1H. The Labute approximate surface area is 134 Å². The van der Waals surface area contributed by atoms with Crippen molar-refractivity contribution >= 4 is 29.9 Å². The molecule has 1 aliphatic heterocycles. The minimum absolute atomic E-state index is 0. The van der Waals surface area contributed by atoms with Gasteiger partial charge in [-0.1, -0.05) is 12.2 Å². The van der Waals surface area contributed by atoms with Crippen molar-refractivity contribution in [3.63, 3.8) is 0 Å². The van der Waals surface area contributed by atoms with Crippen LogP contribution in [0.3, 0.4) is 0 Å². The molecule has 1 fully saturated rings. The van der Waals surface area contributed by atoms with E-state index in [4.69, 9.17) is 0 Å². The smallest absolute Gasteiger partial charge is 0.191 e. The summed E-state index contributed by atoms with van der Waals surface area (Å²) in [6.45, 7) is 3.50. The van der Waals surface area contributed by atoms with Crippen LogP contribution in [0, 0.1) is 5.92 Å². The number of nitrogens with zero attached hydrogens (tertiary/aromatic N) is 2. The van der Waals surface area contributed by atoms with E-state index in [1.807, 2.05) is 7.05 Å². The third-order valence-electron chi connectivity index (χ3n) is 3.97. The third-order valence-corrected chi connectivity index (χ3v) is 3.97. The van der Waals surface area contributed by atoms with E-state index < -0.39 is 0 Å². The van der Waals surface area contributed by atoms with Gasteiger partial charge in [0.2, 0.25) is 0 Å². The monoisotopic (exact) mass is 378 g/mol. The second kappa shape index (κ2) is 8.79. The number of nitrogens with one attached hydrogen (secondary N) is 2. The molecule has 0 spiro atoms. The summed E-state index contributed by atoms with van der Waals surface area (Å²) in [5.41, 5.74) is 0. The summed E-state index contributed by atoms with van der Waals surface area (Å²) in [6.07, 6.45) is 9.31. The van der Waals surface area contributed by atoms with E-state index in [-0.39, 0.29) is 24.0 Å². The maximum absolute atomic E-state index is 4.31. The summed E-state index contributed by atoms with van der Waals surface area (Å²) >= 11 is 0. The lowest BCUT2D eigenvalue weighted by Gasteiger charge is -2.29. The van der Waals surface area contributed by atoms with Crippen LogP contribution >= 0.6 is 24.0 Å². The van der Waals surface area contributed by atoms with Crippen molar-refractivity contribution in [3.8, 4) is 0 Å². The second-order valence-electron chi connectivity index (χ2n) is 5.48. The molecular weight excluding hydrogens is 351 g/mol. The van der Waals surface area contributed by atoms with Crippen molar-refractivity contribution in [1.29, 1.82) is 0 Å². The van der Waals surface area contributed by atoms with Crippen LogP contribution in [0.15, 0.2) is 17.1 Å². The zero-order valence-electron chi connectivity index (χ0n) is 12.1. The molecule has 110 valence electrons. The zero-order valence-corrected chi connectivity index (χ0v) is 14.4. The van der Waals surface area contributed by atoms with Crippen molar-refractivity contribution in [2.45, 2.75) is 31.7 Å². The van der Waals surface area contributed by atoms with Gasteiger partial charge in [-0.25, -0.2) is 0 Å². The lowest BCUT2D eigenvalue weighted by atomic mass is 9.97. The summed E-state index contributed by atoms with van der Waals surface area (Å²) in [5, 5.41) is 6.95. The largest absolute Gasteiger partial charge is 0.356 e. The molecule has 2 aliphatic rings. The molecule has 0 aromatic rings. The van der Waals surface area contributed by atoms with Gasteiger partial charge in [-0.15, -0.1) is 24.0 Å². The average molecular weight is 378 g/mol. The first-order valence-electron chi connectivity index (χ1n) is 7.08. The Morgan fingerprint density at radius 3 is 2.47 bits per heavy atom. The van der Waals surface area contributed by atoms with E-state index in [0.29, 0.717) is 6.04 Å². The van der Waals surface area contributed by atoms with Gasteiger partial charge in [0.05, 0.1) is 0 Å². The van der Waals surface area contributed by atoms with Gasteiger partial charge in [-0.2, -0.15) is 0 Å². The van der Waals surface area contributed by atoms with Crippen molar-refractivity contribution < 1.29 is 0 Å². The fraction of sp³-hybridized carbons (Fsp3) is 0.786. The maximum atomic E-state index is 4.31. The molecule has 0 bridgehead atoms. The van der Waals surface area contributed by atoms with Crippen LogP contribution in [0.2, 0.25) is 0 Å². The topological polar surface area (TPSA) is 39.7 Å². The van der Waals surface area contributed by atoms with Crippen LogP contribution in [-0.4, -0.2) is 50.6 Å². The van der Waals surface area contributed by atoms with E-state index in [2.05, 4.69) is 39.7 Å². The van der Waals surface area contributed by atoms with Crippen LogP contribution in [-0.2, 0) is 0 Å². The van der Waals surface area contributed by atoms with Crippen LogP contribution in [0.4, 0.5) is 0 Å². The van der Waals surface area contributed by atoms with Gasteiger partial charge >= 0.3 is 0 Å². The predicted octanol–water partition coefficient (Wildman–Crippen LogP) is 1.83. The molecule has 0 atom stereocenters. The Balaban J connectivity index is 0.00000180. The molecule has 19 heavy (non-hydrogen) atoms. The molecule has 1 saturated heterocycles. The normalized spacial score (nSPS) is 22.3. The van der Waals surface area contributed by atoms with E-state index >= 15 is 0 Å².